The summed E-state index contributed by atoms with van der Waals surface area (Å²) in [5, 5.41) is 1.58. The Bertz CT molecular complexity index is 797. The van der Waals surface area contributed by atoms with Crippen molar-refractivity contribution in [1.82, 2.24) is 0 Å². The lowest BCUT2D eigenvalue weighted by Gasteiger charge is -2.10. The van der Waals surface area contributed by atoms with E-state index in [4.69, 9.17) is 9.47 Å². The molecule has 0 bridgehead atoms. The number of methoxy groups -OCH3 is 1. The van der Waals surface area contributed by atoms with Gasteiger partial charge >= 0.3 is 5.97 Å². The van der Waals surface area contributed by atoms with Gasteiger partial charge in [0.05, 0.1) is 13.7 Å². The average molecular weight is 328 g/mol. The first-order valence-electron chi connectivity index (χ1n) is 7.79. The lowest BCUT2D eigenvalue weighted by atomic mass is 9.95. The number of carbonyl (C=O) groups excluding carboxylic acids is 2. The van der Waals surface area contributed by atoms with E-state index in [1.54, 1.807) is 34.0 Å². The van der Waals surface area contributed by atoms with E-state index >= 15 is 0 Å². The van der Waals surface area contributed by atoms with E-state index in [1.165, 1.54) is 6.08 Å². The topological polar surface area (TPSA) is 52.6 Å². The lowest BCUT2D eigenvalue weighted by Crippen LogP contribution is -2.27. The van der Waals surface area contributed by atoms with Crippen LogP contribution in [0.15, 0.2) is 41.5 Å². The predicted octanol–water partition coefficient (Wildman–Crippen LogP) is 2.30. The number of carbonyl (C=O) groups is 2. The van der Waals surface area contributed by atoms with Crippen LogP contribution in [0.25, 0.3) is 12.2 Å². The number of rotatable bonds is 6. The Morgan fingerprint density at radius 2 is 1.79 bits per heavy atom. The van der Waals surface area contributed by atoms with Gasteiger partial charge in [-0.2, -0.15) is 0 Å². The number of esters is 1. The largest absolute Gasteiger partial charge is 0.497 e. The van der Waals surface area contributed by atoms with E-state index in [-0.39, 0.29) is 18.0 Å². The maximum Gasteiger partial charge on any atom is 0.341 e. The maximum atomic E-state index is 12.8. The Balaban J connectivity index is 3.47. The molecule has 0 radical (unpaired) electrons. The first-order chi connectivity index (χ1) is 11.4. The molecule has 0 aliphatic heterocycles. The minimum absolute atomic E-state index is 0.0257. The van der Waals surface area contributed by atoms with Gasteiger partial charge in [0, 0.05) is 5.57 Å². The van der Waals surface area contributed by atoms with Gasteiger partial charge in [-0.25, -0.2) is 4.79 Å². The summed E-state index contributed by atoms with van der Waals surface area (Å²) in [7, 11) is 1.58. The van der Waals surface area contributed by atoms with E-state index in [0.717, 1.165) is 16.0 Å². The Morgan fingerprint density at radius 3 is 2.29 bits per heavy atom. The van der Waals surface area contributed by atoms with Crippen LogP contribution in [0.4, 0.5) is 0 Å². The van der Waals surface area contributed by atoms with Gasteiger partial charge in [-0.3, -0.25) is 4.79 Å². The number of ether oxygens (including phenoxy) is 2. The van der Waals surface area contributed by atoms with Crippen LogP contribution >= 0.6 is 0 Å². The predicted molar refractivity (Wildman–Crippen MR) is 96.0 cm³/mol. The molecule has 0 N–H and O–H groups in total. The Labute approximate surface area is 142 Å². The third kappa shape index (κ3) is 4.22. The Morgan fingerprint density at radius 1 is 1.17 bits per heavy atom. The van der Waals surface area contributed by atoms with Crippen LogP contribution in [0, 0.1) is 0 Å². The van der Waals surface area contributed by atoms with Crippen LogP contribution in [-0.2, 0) is 14.3 Å². The van der Waals surface area contributed by atoms with Crippen molar-refractivity contribution in [2.24, 2.45) is 0 Å². The normalized spacial score (nSPS) is 13.4. The van der Waals surface area contributed by atoms with Gasteiger partial charge in [0.25, 0.3) is 0 Å². The summed E-state index contributed by atoms with van der Waals surface area (Å²) in [6.07, 6.45) is 3.17. The smallest absolute Gasteiger partial charge is 0.341 e. The van der Waals surface area contributed by atoms with E-state index in [1.807, 2.05) is 25.1 Å². The number of hydrogen-bond donors (Lipinski definition) is 0. The van der Waals surface area contributed by atoms with Crippen LogP contribution in [0.5, 0.6) is 5.75 Å². The monoisotopic (exact) mass is 328 g/mol. The summed E-state index contributed by atoms with van der Waals surface area (Å²) >= 11 is 0. The molecular weight excluding hydrogens is 304 g/mol. The van der Waals surface area contributed by atoms with Crippen LogP contribution in [0.1, 0.15) is 27.7 Å². The van der Waals surface area contributed by atoms with Crippen molar-refractivity contribution in [1.29, 1.82) is 0 Å². The molecule has 1 aromatic carbocycles. The second-order valence-electron chi connectivity index (χ2n) is 5.10. The summed E-state index contributed by atoms with van der Waals surface area (Å²) in [5.41, 5.74) is 1.20. The fourth-order valence-electron chi connectivity index (χ4n) is 2.39. The molecule has 0 aromatic heterocycles. The molecule has 4 nitrogen and oxygen atoms in total. The lowest BCUT2D eigenvalue weighted by molar-refractivity contribution is -0.139. The van der Waals surface area contributed by atoms with Gasteiger partial charge in [-0.1, -0.05) is 24.8 Å². The number of hydrogen-bond acceptors (Lipinski definition) is 4. The van der Waals surface area contributed by atoms with Gasteiger partial charge < -0.3 is 9.47 Å². The molecule has 128 valence electrons. The second-order valence-corrected chi connectivity index (χ2v) is 5.10. The Kier molecular flexibility index (Phi) is 7.18. The maximum absolute atomic E-state index is 12.8. The first kappa shape index (κ1) is 19.4. The van der Waals surface area contributed by atoms with Crippen molar-refractivity contribution in [3.63, 3.8) is 0 Å². The average Bonchev–Trinajstić information content (AvgIpc) is 2.56. The molecule has 0 aliphatic rings. The zero-order chi connectivity index (χ0) is 18.3. The van der Waals surface area contributed by atoms with Crippen molar-refractivity contribution in [3.8, 4) is 5.75 Å². The van der Waals surface area contributed by atoms with Crippen LogP contribution in [0.2, 0.25) is 0 Å². The Hall–Kier alpha value is -2.62. The molecule has 0 atom stereocenters. The summed E-state index contributed by atoms with van der Waals surface area (Å²) in [5.74, 6) is -0.299. The molecule has 0 unspecified atom stereocenters. The van der Waals surface area contributed by atoms with E-state index < -0.39 is 5.97 Å². The molecule has 0 saturated carbocycles. The van der Waals surface area contributed by atoms with Crippen LogP contribution in [0.3, 0.4) is 0 Å². The van der Waals surface area contributed by atoms with Crippen LogP contribution < -0.4 is 15.2 Å². The van der Waals surface area contributed by atoms with E-state index in [9.17, 15) is 9.59 Å². The summed E-state index contributed by atoms with van der Waals surface area (Å²) in [6, 6.07) is 5.47. The SMILES string of the molecule is C=c1ccc(OC)c/c1=C(C)/C(=C\C)C(=O)/C(=C\C)C(=O)OCC. The fourth-order valence-corrected chi connectivity index (χ4v) is 2.39. The van der Waals surface area contributed by atoms with Crippen molar-refractivity contribution in [2.75, 3.05) is 13.7 Å². The number of allylic oxidation sites excluding steroid dienone is 3. The molecule has 1 rings (SSSR count). The van der Waals surface area contributed by atoms with Gasteiger partial charge in [-0.15, -0.1) is 0 Å². The van der Waals surface area contributed by atoms with Gasteiger partial charge in [0.15, 0.2) is 5.78 Å². The third-order valence-corrected chi connectivity index (χ3v) is 3.69. The molecule has 0 aliphatic carbocycles. The highest BCUT2D eigenvalue weighted by Crippen LogP contribution is 2.17. The minimum atomic E-state index is -0.613. The third-order valence-electron chi connectivity index (χ3n) is 3.69. The molecule has 1 aromatic rings. The van der Waals surface area contributed by atoms with E-state index in [0.29, 0.717) is 11.3 Å². The number of Topliss-reactive ketones (excluding diaryl/α,β-unsaturated/α-hetero) is 1. The molecular formula is C20H24O4. The quantitative estimate of drug-likeness (QED) is 0.348. The first-order valence-corrected chi connectivity index (χ1v) is 7.79. The number of ketones is 1. The minimum Gasteiger partial charge on any atom is -0.497 e. The molecule has 0 heterocycles. The van der Waals surface area contributed by atoms with Crippen molar-refractivity contribution in [2.45, 2.75) is 27.7 Å². The second kappa shape index (κ2) is 8.87. The van der Waals surface area contributed by atoms with Crippen LogP contribution in [-0.4, -0.2) is 25.5 Å². The standard InChI is InChI=1S/C20H24O4/c1-7-16(19(21)17(8-2)20(22)24-9-3)14(5)18-12-15(23-6)11-10-13(18)4/h7-8,10-12H,4,9H2,1-3,5-6H3/b16-7+,17-8+,18-14-. The van der Waals surface area contributed by atoms with Crippen molar-refractivity contribution in [3.05, 3.63) is 51.9 Å². The van der Waals surface area contributed by atoms with Crippen molar-refractivity contribution < 1.29 is 19.1 Å². The highest BCUT2D eigenvalue weighted by molar-refractivity contribution is 6.27. The zero-order valence-corrected chi connectivity index (χ0v) is 14.9. The molecule has 0 amide bonds. The molecule has 0 saturated heterocycles. The van der Waals surface area contributed by atoms with Crippen molar-refractivity contribution >= 4 is 23.9 Å². The van der Waals surface area contributed by atoms with Gasteiger partial charge in [0.2, 0.25) is 0 Å². The number of benzene rings is 1. The highest BCUT2D eigenvalue weighted by Gasteiger charge is 2.22. The molecule has 0 fully saturated rings. The van der Waals surface area contributed by atoms with E-state index in [2.05, 4.69) is 6.58 Å². The summed E-state index contributed by atoms with van der Waals surface area (Å²) in [6.45, 7) is 11.2. The molecule has 0 spiro atoms. The molecule has 24 heavy (non-hydrogen) atoms. The van der Waals surface area contributed by atoms with Gasteiger partial charge in [-0.05, 0) is 55.8 Å². The fraction of sp³-hybridized carbons (Fsp3) is 0.300. The summed E-state index contributed by atoms with van der Waals surface area (Å²) in [4.78, 5) is 24.8. The molecule has 4 heteroatoms. The summed E-state index contributed by atoms with van der Waals surface area (Å²) < 4.78 is 10.2. The van der Waals surface area contributed by atoms with Gasteiger partial charge in [0.1, 0.15) is 11.3 Å². The highest BCUT2D eigenvalue weighted by atomic mass is 16.5. The zero-order valence-electron chi connectivity index (χ0n) is 14.9.